The van der Waals surface area contributed by atoms with Crippen molar-refractivity contribution < 1.29 is 22.7 Å². The van der Waals surface area contributed by atoms with Gasteiger partial charge in [0.25, 0.3) is 0 Å². The number of ketones is 1. The van der Waals surface area contributed by atoms with E-state index in [9.17, 15) is 13.2 Å². The number of unbranched alkanes of at least 4 members (excludes halogenated alkanes) is 1. The molecule has 2 aromatic rings. The van der Waals surface area contributed by atoms with Crippen LogP contribution in [0.25, 0.3) is 0 Å². The first-order chi connectivity index (χ1) is 14.8. The van der Waals surface area contributed by atoms with E-state index in [0.717, 1.165) is 36.5 Å². The van der Waals surface area contributed by atoms with Crippen LogP contribution in [-0.4, -0.2) is 52.5 Å². The fourth-order valence-corrected chi connectivity index (χ4v) is 4.37. The Hall–Kier alpha value is -2.13. The summed E-state index contributed by atoms with van der Waals surface area (Å²) >= 11 is 6.19. The van der Waals surface area contributed by atoms with E-state index in [-0.39, 0.29) is 41.0 Å². The van der Waals surface area contributed by atoms with E-state index in [1.165, 1.54) is 12.1 Å². The molecule has 0 fully saturated rings. The number of nitrogens with zero attached hydrogens (tertiary/aromatic N) is 1. The predicted molar refractivity (Wildman–Crippen MR) is 120 cm³/mol. The number of benzene rings is 2. The molecule has 0 saturated heterocycles. The van der Waals surface area contributed by atoms with Crippen LogP contribution < -0.4 is 14.6 Å². The van der Waals surface area contributed by atoms with Gasteiger partial charge in [-0.25, -0.2) is 13.6 Å². The van der Waals surface area contributed by atoms with Gasteiger partial charge in [0, 0.05) is 23.6 Å². The highest BCUT2D eigenvalue weighted by atomic mass is 35.5. The highest BCUT2D eigenvalue weighted by Gasteiger charge is 2.25. The van der Waals surface area contributed by atoms with Crippen molar-refractivity contribution in [1.29, 1.82) is 0 Å². The van der Waals surface area contributed by atoms with Gasteiger partial charge in [-0.1, -0.05) is 29.8 Å². The van der Waals surface area contributed by atoms with Gasteiger partial charge in [0.15, 0.2) is 17.3 Å². The van der Waals surface area contributed by atoms with Gasteiger partial charge in [-0.05, 0) is 56.6 Å². The van der Waals surface area contributed by atoms with E-state index in [4.69, 9.17) is 26.2 Å². The average molecular weight is 467 g/mol. The van der Waals surface area contributed by atoms with Gasteiger partial charge in [0.1, 0.15) is 18.1 Å². The highest BCUT2D eigenvalue weighted by Crippen LogP contribution is 2.37. The topological polar surface area (TPSA) is 98.9 Å². The number of sulfonamides is 1. The van der Waals surface area contributed by atoms with Crippen LogP contribution in [0.15, 0.2) is 41.3 Å². The van der Waals surface area contributed by atoms with Gasteiger partial charge in [0.05, 0.1) is 0 Å². The lowest BCUT2D eigenvalue weighted by molar-refractivity contribution is 0.0976. The Balaban J connectivity index is 1.51. The zero-order valence-electron chi connectivity index (χ0n) is 17.5. The zero-order chi connectivity index (χ0) is 22.4. The second-order valence-electron chi connectivity index (χ2n) is 7.57. The van der Waals surface area contributed by atoms with E-state index in [1.807, 2.05) is 31.3 Å². The number of ether oxygens (including phenoxy) is 2. The molecule has 7 nitrogen and oxygen atoms in total. The number of carbonyl (C=O) groups excluding carboxylic acids is 1. The maximum atomic E-state index is 12.6. The van der Waals surface area contributed by atoms with Crippen molar-refractivity contribution in [3.63, 3.8) is 0 Å². The molecule has 0 amide bonds. The van der Waals surface area contributed by atoms with Gasteiger partial charge < -0.3 is 14.4 Å². The molecule has 0 radical (unpaired) electrons. The third-order valence-corrected chi connectivity index (χ3v) is 6.44. The molecule has 1 aliphatic rings. The van der Waals surface area contributed by atoms with Crippen LogP contribution in [0, 0.1) is 0 Å². The van der Waals surface area contributed by atoms with Crippen LogP contribution >= 0.6 is 11.6 Å². The maximum Gasteiger partial charge on any atom is 0.241 e. The molecule has 0 atom stereocenters. The number of Topliss-reactive ketones (excluding diaryl/α,β-unsaturated/α-hetero) is 1. The van der Waals surface area contributed by atoms with Gasteiger partial charge in [-0.2, -0.15) is 0 Å². The number of hydrogen-bond acceptors (Lipinski definition) is 6. The Labute approximate surface area is 188 Å². The van der Waals surface area contributed by atoms with E-state index in [1.54, 1.807) is 0 Å². The molecule has 0 saturated carbocycles. The first-order valence-corrected chi connectivity index (χ1v) is 12.1. The van der Waals surface area contributed by atoms with E-state index < -0.39 is 10.0 Å². The van der Waals surface area contributed by atoms with E-state index in [2.05, 4.69) is 4.90 Å². The van der Waals surface area contributed by atoms with Crippen LogP contribution in [0.3, 0.4) is 0 Å². The number of fused-ring (bicyclic) bond motifs is 1. The molecule has 0 aliphatic carbocycles. The average Bonchev–Trinajstić information content (AvgIpc) is 2.74. The first kappa shape index (κ1) is 23.5. The molecule has 2 N–H and O–H groups in total. The summed E-state index contributed by atoms with van der Waals surface area (Å²) in [6.07, 6.45) is 2.70. The van der Waals surface area contributed by atoms with Crippen molar-refractivity contribution in [3.05, 3.63) is 52.5 Å². The molecule has 31 heavy (non-hydrogen) atoms. The minimum absolute atomic E-state index is 0.0745. The van der Waals surface area contributed by atoms with Gasteiger partial charge in [0.2, 0.25) is 10.0 Å². The molecule has 2 aromatic carbocycles. The minimum atomic E-state index is -4.04. The molecule has 1 heterocycles. The normalized spacial score (nSPS) is 13.4. The van der Waals surface area contributed by atoms with Crippen molar-refractivity contribution in [2.24, 2.45) is 5.14 Å². The molecule has 9 heteroatoms. The number of hydrogen-bond donors (Lipinski definition) is 1. The first-order valence-electron chi connectivity index (χ1n) is 10.2. The Bertz CT molecular complexity index is 1040. The van der Waals surface area contributed by atoms with E-state index >= 15 is 0 Å². The Morgan fingerprint density at radius 3 is 2.61 bits per heavy atom. The van der Waals surface area contributed by atoms with Crippen molar-refractivity contribution in [2.75, 3.05) is 33.4 Å². The molecular weight excluding hydrogens is 440 g/mol. The van der Waals surface area contributed by atoms with Crippen LogP contribution in [0.1, 0.15) is 35.2 Å². The lowest BCUT2D eigenvalue weighted by Crippen LogP contribution is -2.22. The fraction of sp³-hybridized carbons (Fsp3) is 0.409. The summed E-state index contributed by atoms with van der Waals surface area (Å²) in [4.78, 5) is 14.6. The third kappa shape index (κ3) is 6.43. The molecule has 168 valence electrons. The molecule has 1 aliphatic heterocycles. The van der Waals surface area contributed by atoms with Gasteiger partial charge in [-0.3, -0.25) is 4.79 Å². The maximum absolute atomic E-state index is 12.6. The molecular formula is C22H27ClN2O5S. The number of halogens is 1. The molecule has 0 bridgehead atoms. The number of primary sulfonamides is 1. The largest absolute Gasteiger partial charge is 0.486 e. The van der Waals surface area contributed by atoms with Gasteiger partial charge in [-0.15, -0.1) is 0 Å². The minimum Gasteiger partial charge on any atom is -0.486 e. The van der Waals surface area contributed by atoms with Crippen LogP contribution in [-0.2, 0) is 16.4 Å². The molecule has 0 spiro atoms. The summed E-state index contributed by atoms with van der Waals surface area (Å²) in [5.41, 5.74) is 1.39. The summed E-state index contributed by atoms with van der Waals surface area (Å²) in [5.74, 6) is 0.159. The highest BCUT2D eigenvalue weighted by molar-refractivity contribution is 7.89. The summed E-state index contributed by atoms with van der Waals surface area (Å²) < 4.78 is 34.7. The third-order valence-electron chi connectivity index (χ3n) is 5.15. The van der Waals surface area contributed by atoms with Crippen molar-refractivity contribution in [1.82, 2.24) is 4.90 Å². The second kappa shape index (κ2) is 10.5. The molecule has 0 unspecified atom stereocenters. The summed E-state index contributed by atoms with van der Waals surface area (Å²) in [5, 5.41) is 6.07. The standard InChI is InChI=1S/C22H27ClN2O5S/c1-25(11-9-16-6-2-3-7-18(16)23)10-5-4-8-19(26)17-14-20-22(30-13-12-29-20)21(15-17)31(24,27)28/h2-3,6-7,14-15H,4-5,8-13H2,1H3,(H2,24,27,28). The smallest absolute Gasteiger partial charge is 0.241 e. The SMILES string of the molecule is CN(CCCCC(=O)c1cc2c(c(S(N)(=O)=O)c1)OCCO2)CCc1ccccc1Cl. The van der Waals surface area contributed by atoms with Crippen LogP contribution in [0.2, 0.25) is 5.02 Å². The lowest BCUT2D eigenvalue weighted by atomic mass is 10.0. The predicted octanol–water partition coefficient (Wildman–Crippen LogP) is 3.29. The fourth-order valence-electron chi connectivity index (χ4n) is 3.43. The zero-order valence-corrected chi connectivity index (χ0v) is 19.0. The number of rotatable bonds is 10. The van der Waals surface area contributed by atoms with Crippen molar-refractivity contribution >= 4 is 27.4 Å². The number of carbonyl (C=O) groups is 1. The van der Waals surface area contributed by atoms with Crippen molar-refractivity contribution in [2.45, 2.75) is 30.6 Å². The van der Waals surface area contributed by atoms with Crippen LogP contribution in [0.4, 0.5) is 0 Å². The summed E-state index contributed by atoms with van der Waals surface area (Å²) in [6.45, 7) is 2.24. The Morgan fingerprint density at radius 1 is 1.13 bits per heavy atom. The second-order valence-corrected chi connectivity index (χ2v) is 9.51. The Morgan fingerprint density at radius 2 is 1.87 bits per heavy atom. The molecule has 3 rings (SSSR count). The van der Waals surface area contributed by atoms with Crippen molar-refractivity contribution in [3.8, 4) is 11.5 Å². The molecule has 0 aromatic heterocycles. The number of likely N-dealkylation sites (N-methyl/N-ethyl adjacent to an activating group) is 1. The Kier molecular flexibility index (Phi) is 7.94. The number of nitrogens with two attached hydrogens (primary N) is 1. The monoisotopic (exact) mass is 466 g/mol. The lowest BCUT2D eigenvalue weighted by Gasteiger charge is -2.21. The quantitative estimate of drug-likeness (QED) is 0.426. The van der Waals surface area contributed by atoms with Crippen LogP contribution in [0.5, 0.6) is 11.5 Å². The summed E-state index contributed by atoms with van der Waals surface area (Å²) in [7, 11) is -2.00. The van der Waals surface area contributed by atoms with E-state index in [0.29, 0.717) is 12.8 Å². The van der Waals surface area contributed by atoms with Gasteiger partial charge >= 0.3 is 0 Å². The summed E-state index contributed by atoms with van der Waals surface area (Å²) in [6, 6.07) is 10.6.